The number of ether oxygens (including phenoxy) is 2. The second-order valence-electron chi connectivity index (χ2n) is 5.47. The van der Waals surface area contributed by atoms with E-state index in [4.69, 9.17) is 9.47 Å². The molecule has 0 fully saturated rings. The summed E-state index contributed by atoms with van der Waals surface area (Å²) >= 11 is 1.12. The van der Waals surface area contributed by atoms with Crippen molar-refractivity contribution in [1.82, 2.24) is 15.1 Å². The van der Waals surface area contributed by atoms with Gasteiger partial charge in [0.25, 0.3) is 5.91 Å². The molecule has 8 nitrogen and oxygen atoms in total. The number of benzene rings is 1. The molecular weight excluding hydrogens is 375 g/mol. The Labute approximate surface area is 160 Å². The van der Waals surface area contributed by atoms with Gasteiger partial charge in [0.05, 0.1) is 26.3 Å². The van der Waals surface area contributed by atoms with Crippen molar-refractivity contribution in [3.8, 4) is 0 Å². The maximum absolute atomic E-state index is 12.9. The molecule has 1 aromatic heterocycles. The minimum absolute atomic E-state index is 0.0912. The summed E-state index contributed by atoms with van der Waals surface area (Å²) in [5.74, 6) is -1.16. The number of methoxy groups -OCH3 is 1. The number of carbonyl (C=O) groups is 2. The van der Waals surface area contributed by atoms with Crippen LogP contribution in [0.1, 0.15) is 21.7 Å². The van der Waals surface area contributed by atoms with E-state index in [9.17, 15) is 14.0 Å². The molecule has 2 rings (SSSR count). The van der Waals surface area contributed by atoms with Crippen LogP contribution in [0.5, 0.6) is 0 Å². The highest BCUT2D eigenvalue weighted by Gasteiger charge is 2.17. The number of amides is 1. The van der Waals surface area contributed by atoms with E-state index in [2.05, 4.69) is 15.5 Å². The first-order valence-corrected chi connectivity index (χ1v) is 9.09. The number of hydrogen-bond donors (Lipinski definition) is 1. The van der Waals surface area contributed by atoms with Gasteiger partial charge in [-0.15, -0.1) is 10.2 Å². The molecule has 2 aromatic rings. The Kier molecular flexibility index (Phi) is 8.24. The van der Waals surface area contributed by atoms with E-state index in [-0.39, 0.29) is 23.3 Å². The van der Waals surface area contributed by atoms with Crippen LogP contribution in [-0.2, 0) is 20.8 Å². The van der Waals surface area contributed by atoms with Crippen LogP contribution in [-0.4, -0.2) is 60.4 Å². The smallest absolute Gasteiger partial charge is 0.320 e. The highest BCUT2D eigenvalue weighted by atomic mass is 32.1. The molecule has 0 saturated heterocycles. The van der Waals surface area contributed by atoms with Crippen LogP contribution in [0.25, 0.3) is 0 Å². The van der Waals surface area contributed by atoms with Crippen LogP contribution in [0.3, 0.4) is 0 Å². The third-order valence-corrected chi connectivity index (χ3v) is 4.30. The molecule has 146 valence electrons. The maximum Gasteiger partial charge on any atom is 0.320 e. The molecule has 1 heterocycles. The number of hydrogen-bond acceptors (Lipinski definition) is 8. The van der Waals surface area contributed by atoms with Gasteiger partial charge in [-0.2, -0.15) is 0 Å². The Balaban J connectivity index is 1.97. The second kappa shape index (κ2) is 10.7. The largest absolute Gasteiger partial charge is 0.465 e. The van der Waals surface area contributed by atoms with E-state index >= 15 is 0 Å². The van der Waals surface area contributed by atoms with E-state index in [1.165, 1.54) is 24.3 Å². The number of anilines is 1. The lowest BCUT2D eigenvalue weighted by Crippen LogP contribution is -2.33. The molecule has 0 atom stereocenters. The fraction of sp³-hybridized carbons (Fsp3) is 0.412. The minimum Gasteiger partial charge on any atom is -0.465 e. The number of nitrogens with one attached hydrogen (secondary N) is 1. The number of nitrogens with zero attached hydrogens (tertiary/aromatic N) is 3. The van der Waals surface area contributed by atoms with Crippen LogP contribution in [0.15, 0.2) is 24.3 Å². The fourth-order valence-electron chi connectivity index (χ4n) is 2.14. The zero-order valence-electron chi connectivity index (χ0n) is 15.1. The first-order chi connectivity index (χ1) is 13.0. The minimum atomic E-state index is -0.431. The van der Waals surface area contributed by atoms with E-state index in [1.54, 1.807) is 14.0 Å². The van der Waals surface area contributed by atoms with Gasteiger partial charge in [0, 0.05) is 19.3 Å². The first kappa shape index (κ1) is 20.9. The van der Waals surface area contributed by atoms with Gasteiger partial charge in [0.15, 0.2) is 0 Å². The highest BCUT2D eigenvalue weighted by Crippen LogP contribution is 2.15. The Bertz CT molecular complexity index is 754. The van der Waals surface area contributed by atoms with Gasteiger partial charge in [-0.25, -0.2) is 4.39 Å². The molecule has 1 amide bonds. The van der Waals surface area contributed by atoms with Gasteiger partial charge in [-0.1, -0.05) is 11.3 Å². The Morgan fingerprint density at radius 3 is 2.67 bits per heavy atom. The van der Waals surface area contributed by atoms with Crippen LogP contribution >= 0.6 is 11.3 Å². The summed E-state index contributed by atoms with van der Waals surface area (Å²) in [6, 6.07) is 5.43. The zero-order chi connectivity index (χ0) is 19.6. The van der Waals surface area contributed by atoms with Gasteiger partial charge in [0.2, 0.25) is 5.01 Å². The third-order valence-electron chi connectivity index (χ3n) is 3.39. The van der Waals surface area contributed by atoms with Crippen molar-refractivity contribution < 1.29 is 23.5 Å². The highest BCUT2D eigenvalue weighted by molar-refractivity contribution is 7.13. The van der Waals surface area contributed by atoms with E-state index in [0.29, 0.717) is 37.0 Å². The van der Waals surface area contributed by atoms with Crippen molar-refractivity contribution in [2.24, 2.45) is 0 Å². The summed E-state index contributed by atoms with van der Waals surface area (Å²) in [7, 11) is 1.57. The van der Waals surface area contributed by atoms with Crippen molar-refractivity contribution in [3.63, 3.8) is 0 Å². The van der Waals surface area contributed by atoms with Crippen molar-refractivity contribution in [2.45, 2.75) is 13.5 Å². The van der Waals surface area contributed by atoms with Gasteiger partial charge in [-0.3, -0.25) is 14.5 Å². The third kappa shape index (κ3) is 7.00. The van der Waals surface area contributed by atoms with Crippen molar-refractivity contribution in [1.29, 1.82) is 0 Å². The van der Waals surface area contributed by atoms with Gasteiger partial charge >= 0.3 is 5.97 Å². The van der Waals surface area contributed by atoms with Crippen LogP contribution in [0.4, 0.5) is 10.1 Å². The lowest BCUT2D eigenvalue weighted by atomic mass is 10.3. The fourth-order valence-corrected chi connectivity index (χ4v) is 2.92. The van der Waals surface area contributed by atoms with E-state index in [0.717, 1.165) is 11.3 Å². The standard InChI is InChI=1S/C17H21FN4O4S/c1-3-26-15(23)11-22(8-9-25-2)10-14-20-21-17(27-14)16(24)19-13-6-4-12(18)5-7-13/h4-7H,3,8-11H2,1-2H3,(H,19,24). The summed E-state index contributed by atoms with van der Waals surface area (Å²) in [6.07, 6.45) is 0. The summed E-state index contributed by atoms with van der Waals surface area (Å²) in [5, 5.41) is 11.3. The molecule has 0 bridgehead atoms. The monoisotopic (exact) mass is 396 g/mol. The van der Waals surface area contributed by atoms with E-state index in [1.807, 2.05) is 4.90 Å². The summed E-state index contributed by atoms with van der Waals surface area (Å²) in [6.45, 7) is 3.43. The molecule has 10 heteroatoms. The molecule has 0 saturated carbocycles. The Morgan fingerprint density at radius 1 is 1.26 bits per heavy atom. The number of aromatic nitrogens is 2. The number of esters is 1. The maximum atomic E-state index is 12.9. The quantitative estimate of drug-likeness (QED) is 0.614. The SMILES string of the molecule is CCOC(=O)CN(CCOC)Cc1nnc(C(=O)Nc2ccc(F)cc2)s1. The average Bonchev–Trinajstić information content (AvgIpc) is 3.10. The summed E-state index contributed by atoms with van der Waals surface area (Å²) < 4.78 is 22.9. The molecule has 0 aliphatic carbocycles. The molecule has 0 unspecified atom stereocenters. The zero-order valence-corrected chi connectivity index (χ0v) is 15.9. The molecule has 1 aromatic carbocycles. The molecule has 0 spiro atoms. The van der Waals surface area contributed by atoms with Crippen LogP contribution < -0.4 is 5.32 Å². The number of carbonyl (C=O) groups excluding carboxylic acids is 2. The van der Waals surface area contributed by atoms with Crippen LogP contribution in [0.2, 0.25) is 0 Å². The Hall–Kier alpha value is -2.43. The van der Waals surface area contributed by atoms with Gasteiger partial charge < -0.3 is 14.8 Å². The topological polar surface area (TPSA) is 93.7 Å². The first-order valence-electron chi connectivity index (χ1n) is 8.28. The predicted octanol–water partition coefficient (Wildman–Crippen LogP) is 1.94. The summed E-state index contributed by atoms with van der Waals surface area (Å²) in [4.78, 5) is 25.8. The summed E-state index contributed by atoms with van der Waals surface area (Å²) in [5.41, 5.74) is 0.460. The molecule has 0 aliphatic rings. The second-order valence-corrected chi connectivity index (χ2v) is 6.53. The molecule has 0 radical (unpaired) electrons. The lowest BCUT2D eigenvalue weighted by molar-refractivity contribution is -0.144. The number of halogens is 1. The number of rotatable bonds is 10. The molecule has 1 N–H and O–H groups in total. The molecule has 0 aliphatic heterocycles. The van der Waals surface area contributed by atoms with Gasteiger partial charge in [-0.05, 0) is 31.2 Å². The lowest BCUT2D eigenvalue weighted by Gasteiger charge is -2.19. The molecular formula is C17H21FN4O4S. The van der Waals surface area contributed by atoms with E-state index < -0.39 is 5.91 Å². The van der Waals surface area contributed by atoms with Crippen molar-refractivity contribution in [3.05, 3.63) is 40.1 Å². The Morgan fingerprint density at radius 2 is 2.00 bits per heavy atom. The predicted molar refractivity (Wildman–Crippen MR) is 98.0 cm³/mol. The van der Waals surface area contributed by atoms with Crippen molar-refractivity contribution in [2.75, 3.05) is 38.7 Å². The van der Waals surface area contributed by atoms with Gasteiger partial charge in [0.1, 0.15) is 10.8 Å². The normalized spacial score (nSPS) is 10.8. The average molecular weight is 396 g/mol. The van der Waals surface area contributed by atoms with Crippen molar-refractivity contribution >= 4 is 28.9 Å². The molecule has 27 heavy (non-hydrogen) atoms. The van der Waals surface area contributed by atoms with Crippen LogP contribution in [0, 0.1) is 5.82 Å².